The molecule has 0 bridgehead atoms. The van der Waals surface area contributed by atoms with Crippen LogP contribution in [0.5, 0.6) is 0 Å². The first-order chi connectivity index (χ1) is 10.4. The molecule has 0 saturated carbocycles. The lowest BCUT2D eigenvalue weighted by Gasteiger charge is -2.40. The largest absolute Gasteiger partial charge is 0.464 e. The Morgan fingerprint density at radius 1 is 1.08 bits per heavy atom. The molecule has 1 aliphatic rings. The van der Waals surface area contributed by atoms with Gasteiger partial charge in [-0.2, -0.15) is 13.2 Å². The van der Waals surface area contributed by atoms with Crippen LogP contribution in [0.1, 0.15) is 54.9 Å². The summed E-state index contributed by atoms with van der Waals surface area (Å²) in [7, 11) is 0. The summed E-state index contributed by atoms with van der Waals surface area (Å²) in [5, 5.41) is 0. The molecule has 0 amide bonds. The van der Waals surface area contributed by atoms with Crippen molar-refractivity contribution in [3.8, 4) is 0 Å². The summed E-state index contributed by atoms with van der Waals surface area (Å²) in [6, 6.07) is 0. The first-order valence-electron chi connectivity index (χ1n) is 7.71. The Bertz CT molecular complexity index is 512. The van der Waals surface area contributed by atoms with Crippen LogP contribution in [0.4, 0.5) is 22.0 Å². The van der Waals surface area contributed by atoms with Crippen LogP contribution in [0.3, 0.4) is 0 Å². The number of rotatable bonds is 4. The Balaban J connectivity index is 3.23. The maximum absolute atomic E-state index is 14.8. The SMILES string of the molecule is CCC(C)(C)C(=O)OCC1(C)C(C)(C)OC(C)(C(F)(F)F)C1(F)F. The van der Waals surface area contributed by atoms with E-state index in [1.54, 1.807) is 20.8 Å². The molecule has 0 spiro atoms. The molecular weight excluding hydrogens is 335 g/mol. The van der Waals surface area contributed by atoms with Gasteiger partial charge in [-0.1, -0.05) is 6.92 Å². The fourth-order valence-electron chi connectivity index (χ4n) is 2.64. The number of hydrogen-bond acceptors (Lipinski definition) is 3. The van der Waals surface area contributed by atoms with Gasteiger partial charge in [0, 0.05) is 0 Å². The summed E-state index contributed by atoms with van der Waals surface area (Å²) in [6.07, 6.45) is -4.88. The van der Waals surface area contributed by atoms with Gasteiger partial charge in [-0.05, 0) is 48.0 Å². The lowest BCUT2D eigenvalue weighted by molar-refractivity contribution is -0.322. The van der Waals surface area contributed by atoms with Crippen LogP contribution < -0.4 is 0 Å². The molecule has 1 saturated heterocycles. The third kappa shape index (κ3) is 2.70. The van der Waals surface area contributed by atoms with E-state index < -0.39 is 46.7 Å². The Kier molecular flexibility index (Phi) is 4.88. The van der Waals surface area contributed by atoms with Crippen molar-refractivity contribution in [1.29, 1.82) is 0 Å². The smallest absolute Gasteiger partial charge is 0.423 e. The maximum atomic E-state index is 14.8. The van der Waals surface area contributed by atoms with Crippen molar-refractivity contribution in [2.75, 3.05) is 6.61 Å². The highest BCUT2D eigenvalue weighted by Crippen LogP contribution is 2.64. The van der Waals surface area contributed by atoms with Crippen LogP contribution in [0, 0.1) is 10.8 Å². The highest BCUT2D eigenvalue weighted by molar-refractivity contribution is 5.75. The number of hydrogen-bond donors (Lipinski definition) is 0. The predicted octanol–water partition coefficient (Wildman–Crippen LogP) is 4.74. The van der Waals surface area contributed by atoms with Gasteiger partial charge >= 0.3 is 12.1 Å². The summed E-state index contributed by atoms with van der Waals surface area (Å²) >= 11 is 0. The second kappa shape index (κ2) is 5.54. The highest BCUT2D eigenvalue weighted by Gasteiger charge is 2.83. The quantitative estimate of drug-likeness (QED) is 0.537. The molecule has 1 aliphatic heterocycles. The Morgan fingerprint density at radius 2 is 1.54 bits per heavy atom. The topological polar surface area (TPSA) is 35.5 Å². The van der Waals surface area contributed by atoms with Crippen molar-refractivity contribution in [2.45, 2.75) is 78.2 Å². The number of carbonyl (C=O) groups excluding carboxylic acids is 1. The minimum absolute atomic E-state index is 0.331. The zero-order chi connectivity index (χ0) is 19.4. The van der Waals surface area contributed by atoms with Gasteiger partial charge in [0.05, 0.1) is 16.4 Å². The van der Waals surface area contributed by atoms with Crippen LogP contribution in [0.15, 0.2) is 0 Å². The molecule has 0 radical (unpaired) electrons. The van der Waals surface area contributed by atoms with Crippen molar-refractivity contribution in [3.63, 3.8) is 0 Å². The van der Waals surface area contributed by atoms with Crippen molar-refractivity contribution >= 4 is 5.97 Å². The highest BCUT2D eigenvalue weighted by atomic mass is 19.4. The van der Waals surface area contributed by atoms with Crippen LogP contribution in [0.25, 0.3) is 0 Å². The maximum Gasteiger partial charge on any atom is 0.423 e. The Hall–Kier alpha value is -0.920. The van der Waals surface area contributed by atoms with E-state index in [0.717, 1.165) is 20.8 Å². The fraction of sp³-hybridized carbons (Fsp3) is 0.938. The normalized spacial score (nSPS) is 32.7. The number of halogens is 5. The monoisotopic (exact) mass is 360 g/mol. The van der Waals surface area contributed by atoms with E-state index in [0.29, 0.717) is 13.3 Å². The second-order valence-corrected chi connectivity index (χ2v) is 7.86. The van der Waals surface area contributed by atoms with E-state index in [2.05, 4.69) is 0 Å². The number of alkyl halides is 5. The second-order valence-electron chi connectivity index (χ2n) is 7.86. The summed E-state index contributed by atoms with van der Waals surface area (Å²) in [5.74, 6) is -5.03. The van der Waals surface area contributed by atoms with Crippen LogP contribution >= 0.6 is 0 Å². The fourth-order valence-corrected chi connectivity index (χ4v) is 2.64. The lowest BCUT2D eigenvalue weighted by atomic mass is 9.69. The standard InChI is InChI=1S/C16H25F5O3/c1-8-11(2,3)10(22)23-9-13(6)12(4,5)24-14(7,15(13,17)18)16(19,20)21/h8-9H2,1-7H3. The zero-order valence-corrected chi connectivity index (χ0v) is 15.0. The molecule has 3 nitrogen and oxygen atoms in total. The van der Waals surface area contributed by atoms with Crippen molar-refractivity contribution < 1.29 is 36.2 Å². The molecule has 8 heteroatoms. The van der Waals surface area contributed by atoms with Gasteiger partial charge in [-0.15, -0.1) is 0 Å². The summed E-state index contributed by atoms with van der Waals surface area (Å²) in [5.41, 5.74) is -8.78. The molecule has 2 atom stereocenters. The van der Waals surface area contributed by atoms with Gasteiger partial charge in [0.1, 0.15) is 6.61 Å². The molecule has 1 fully saturated rings. The Labute approximate surface area is 138 Å². The minimum atomic E-state index is -5.28. The van der Waals surface area contributed by atoms with Gasteiger partial charge in [0.2, 0.25) is 5.60 Å². The molecule has 24 heavy (non-hydrogen) atoms. The van der Waals surface area contributed by atoms with Crippen molar-refractivity contribution in [1.82, 2.24) is 0 Å². The zero-order valence-electron chi connectivity index (χ0n) is 15.0. The first kappa shape index (κ1) is 21.1. The van der Waals surface area contributed by atoms with Gasteiger partial charge < -0.3 is 9.47 Å². The molecule has 1 heterocycles. The van der Waals surface area contributed by atoms with Crippen LogP contribution in [-0.4, -0.2) is 35.9 Å². The molecule has 2 unspecified atom stereocenters. The van der Waals surface area contributed by atoms with E-state index in [-0.39, 0.29) is 0 Å². The molecule has 0 N–H and O–H groups in total. The van der Waals surface area contributed by atoms with Gasteiger partial charge in [0.15, 0.2) is 0 Å². The van der Waals surface area contributed by atoms with E-state index in [1.165, 1.54) is 0 Å². The van der Waals surface area contributed by atoms with Gasteiger partial charge in [0.25, 0.3) is 5.92 Å². The third-order valence-electron chi connectivity index (χ3n) is 5.55. The number of carbonyl (C=O) groups is 1. The lowest BCUT2D eigenvalue weighted by Crippen LogP contribution is -2.60. The summed E-state index contributed by atoms with van der Waals surface area (Å²) in [4.78, 5) is 12.0. The van der Waals surface area contributed by atoms with Gasteiger partial charge in [-0.3, -0.25) is 4.79 Å². The molecule has 1 rings (SSSR count). The van der Waals surface area contributed by atoms with Crippen LogP contribution in [-0.2, 0) is 14.3 Å². The number of esters is 1. The van der Waals surface area contributed by atoms with E-state index in [9.17, 15) is 26.7 Å². The van der Waals surface area contributed by atoms with Crippen molar-refractivity contribution in [2.24, 2.45) is 10.8 Å². The molecular formula is C16H25F5O3. The molecule has 0 aromatic carbocycles. The number of ether oxygens (including phenoxy) is 2. The van der Waals surface area contributed by atoms with E-state index >= 15 is 0 Å². The minimum Gasteiger partial charge on any atom is -0.464 e. The molecule has 0 aromatic rings. The van der Waals surface area contributed by atoms with E-state index in [4.69, 9.17) is 9.47 Å². The van der Waals surface area contributed by atoms with Gasteiger partial charge in [-0.25, -0.2) is 8.78 Å². The predicted molar refractivity (Wildman–Crippen MR) is 77.7 cm³/mol. The third-order valence-corrected chi connectivity index (χ3v) is 5.55. The molecule has 142 valence electrons. The molecule has 0 aliphatic carbocycles. The Morgan fingerprint density at radius 3 is 1.88 bits per heavy atom. The average Bonchev–Trinajstić information content (AvgIpc) is 2.51. The van der Waals surface area contributed by atoms with Crippen molar-refractivity contribution in [3.05, 3.63) is 0 Å². The molecule has 0 aromatic heterocycles. The first-order valence-corrected chi connectivity index (χ1v) is 7.71. The summed E-state index contributed by atoms with van der Waals surface area (Å²) in [6.45, 7) is 7.58. The van der Waals surface area contributed by atoms with Crippen LogP contribution in [0.2, 0.25) is 0 Å². The average molecular weight is 360 g/mol. The van der Waals surface area contributed by atoms with E-state index in [1.807, 2.05) is 0 Å². The summed E-state index contributed by atoms with van der Waals surface area (Å²) < 4.78 is 79.2.